The average molecular weight is 315 g/mol. The molecule has 3 rings (SSSR count). The average Bonchev–Trinajstić information content (AvgIpc) is 2.49. The molecule has 2 heterocycles. The summed E-state index contributed by atoms with van der Waals surface area (Å²) >= 11 is 0. The third kappa shape index (κ3) is 3.62. The summed E-state index contributed by atoms with van der Waals surface area (Å²) in [5.41, 5.74) is 2.34. The molecule has 1 aliphatic carbocycles. The number of hydrogen-bond acceptors (Lipinski definition) is 4. The van der Waals surface area contributed by atoms with Crippen molar-refractivity contribution in [1.29, 1.82) is 0 Å². The summed E-state index contributed by atoms with van der Waals surface area (Å²) < 4.78 is 1.63. The summed E-state index contributed by atoms with van der Waals surface area (Å²) in [6.45, 7) is 3.38. The highest BCUT2D eigenvalue weighted by Gasteiger charge is 2.24. The highest BCUT2D eigenvalue weighted by Crippen LogP contribution is 2.25. The van der Waals surface area contributed by atoms with Gasteiger partial charge in [0, 0.05) is 24.8 Å². The zero-order chi connectivity index (χ0) is 16.4. The van der Waals surface area contributed by atoms with E-state index < -0.39 is 0 Å². The Kier molecular flexibility index (Phi) is 4.78. The molecule has 2 aromatic rings. The van der Waals surface area contributed by atoms with Gasteiger partial charge in [0.1, 0.15) is 5.65 Å². The number of aliphatic hydroxyl groups excluding tert-OH is 1. The minimum atomic E-state index is -0.191. The molecule has 1 fully saturated rings. The van der Waals surface area contributed by atoms with Crippen LogP contribution in [-0.2, 0) is 6.54 Å². The lowest BCUT2D eigenvalue weighted by Gasteiger charge is -2.31. The van der Waals surface area contributed by atoms with E-state index in [0.29, 0.717) is 18.1 Å². The van der Waals surface area contributed by atoms with Crippen LogP contribution in [0, 0.1) is 12.8 Å². The zero-order valence-electron chi connectivity index (χ0n) is 13.9. The Morgan fingerprint density at radius 3 is 2.91 bits per heavy atom. The second kappa shape index (κ2) is 6.81. The van der Waals surface area contributed by atoms with Gasteiger partial charge in [-0.15, -0.1) is 0 Å². The fourth-order valence-corrected chi connectivity index (χ4v) is 3.59. The summed E-state index contributed by atoms with van der Waals surface area (Å²) in [5, 5.41) is 10.1. The maximum Gasteiger partial charge on any atom is 0.258 e. The van der Waals surface area contributed by atoms with E-state index in [9.17, 15) is 9.90 Å². The SMILES string of the molecule is Cc1cccc2nc(CN(C)CC3CCCCC3O)cc(=O)n12. The first-order chi connectivity index (χ1) is 11.0. The van der Waals surface area contributed by atoms with Crippen molar-refractivity contribution < 1.29 is 5.11 Å². The molecule has 5 nitrogen and oxygen atoms in total. The molecule has 2 unspecified atom stereocenters. The maximum atomic E-state index is 12.3. The predicted octanol–water partition coefficient (Wildman–Crippen LogP) is 1.99. The normalized spacial score (nSPS) is 21.9. The van der Waals surface area contributed by atoms with E-state index in [4.69, 9.17) is 0 Å². The van der Waals surface area contributed by atoms with Gasteiger partial charge in [-0.05, 0) is 44.9 Å². The molecule has 2 atom stereocenters. The Balaban J connectivity index is 1.75. The van der Waals surface area contributed by atoms with E-state index in [1.54, 1.807) is 10.5 Å². The topological polar surface area (TPSA) is 57.8 Å². The van der Waals surface area contributed by atoms with Crippen LogP contribution in [0.15, 0.2) is 29.1 Å². The van der Waals surface area contributed by atoms with Gasteiger partial charge in [-0.25, -0.2) is 4.98 Å². The molecule has 1 aliphatic rings. The number of rotatable bonds is 4. The van der Waals surface area contributed by atoms with Crippen LogP contribution in [0.2, 0.25) is 0 Å². The van der Waals surface area contributed by atoms with Gasteiger partial charge in [0.05, 0.1) is 11.8 Å². The second-order valence-corrected chi connectivity index (χ2v) is 6.76. The lowest BCUT2D eigenvalue weighted by atomic mass is 9.86. The van der Waals surface area contributed by atoms with Crippen molar-refractivity contribution in [2.75, 3.05) is 13.6 Å². The second-order valence-electron chi connectivity index (χ2n) is 6.76. The number of fused-ring (bicyclic) bond motifs is 1. The third-order valence-corrected chi connectivity index (χ3v) is 4.78. The van der Waals surface area contributed by atoms with Gasteiger partial charge in [0.25, 0.3) is 5.56 Å². The van der Waals surface area contributed by atoms with Crippen LogP contribution in [-0.4, -0.2) is 39.1 Å². The smallest absolute Gasteiger partial charge is 0.258 e. The van der Waals surface area contributed by atoms with Gasteiger partial charge in [0.15, 0.2) is 0 Å². The first-order valence-corrected chi connectivity index (χ1v) is 8.39. The van der Waals surface area contributed by atoms with Crippen molar-refractivity contribution in [3.63, 3.8) is 0 Å². The summed E-state index contributed by atoms with van der Waals surface area (Å²) in [7, 11) is 2.03. The maximum absolute atomic E-state index is 12.3. The first kappa shape index (κ1) is 16.1. The predicted molar refractivity (Wildman–Crippen MR) is 90.5 cm³/mol. The summed E-state index contributed by atoms with van der Waals surface area (Å²) in [5.74, 6) is 0.331. The van der Waals surface area contributed by atoms with Gasteiger partial charge >= 0.3 is 0 Å². The van der Waals surface area contributed by atoms with E-state index in [-0.39, 0.29) is 11.7 Å². The van der Waals surface area contributed by atoms with Gasteiger partial charge in [-0.1, -0.05) is 18.9 Å². The highest BCUT2D eigenvalue weighted by molar-refractivity contribution is 5.40. The molecule has 124 valence electrons. The van der Waals surface area contributed by atoms with Crippen LogP contribution in [0.25, 0.3) is 5.65 Å². The van der Waals surface area contributed by atoms with Crippen LogP contribution in [0.3, 0.4) is 0 Å². The van der Waals surface area contributed by atoms with Gasteiger partial charge in [-0.2, -0.15) is 0 Å². The molecule has 0 aromatic carbocycles. The highest BCUT2D eigenvalue weighted by atomic mass is 16.3. The Morgan fingerprint density at radius 2 is 2.13 bits per heavy atom. The van der Waals surface area contributed by atoms with Gasteiger partial charge in [0.2, 0.25) is 0 Å². The van der Waals surface area contributed by atoms with Crippen LogP contribution in [0.5, 0.6) is 0 Å². The Morgan fingerprint density at radius 1 is 1.35 bits per heavy atom. The van der Waals surface area contributed by atoms with E-state index in [1.165, 1.54) is 6.42 Å². The van der Waals surface area contributed by atoms with E-state index in [2.05, 4.69) is 9.88 Å². The number of pyridine rings is 1. The molecule has 0 spiro atoms. The van der Waals surface area contributed by atoms with Crippen molar-refractivity contribution in [3.05, 3.63) is 46.0 Å². The molecular weight excluding hydrogens is 290 g/mol. The fraction of sp³-hybridized carbons (Fsp3) is 0.556. The third-order valence-electron chi connectivity index (χ3n) is 4.78. The minimum Gasteiger partial charge on any atom is -0.393 e. The van der Waals surface area contributed by atoms with Gasteiger partial charge < -0.3 is 10.0 Å². The summed E-state index contributed by atoms with van der Waals surface area (Å²) in [4.78, 5) is 19.1. The van der Waals surface area contributed by atoms with Crippen LogP contribution >= 0.6 is 0 Å². The molecule has 0 radical (unpaired) electrons. The van der Waals surface area contributed by atoms with E-state index in [0.717, 1.165) is 37.2 Å². The Hall–Kier alpha value is -1.72. The number of aliphatic hydroxyl groups is 1. The molecule has 1 N–H and O–H groups in total. The number of hydrogen-bond donors (Lipinski definition) is 1. The Labute approximate surface area is 136 Å². The van der Waals surface area contributed by atoms with Crippen molar-refractivity contribution in [3.8, 4) is 0 Å². The van der Waals surface area contributed by atoms with Crippen molar-refractivity contribution >= 4 is 5.65 Å². The summed E-state index contributed by atoms with van der Waals surface area (Å²) in [6, 6.07) is 7.31. The molecule has 23 heavy (non-hydrogen) atoms. The van der Waals surface area contributed by atoms with E-state index in [1.807, 2.05) is 32.2 Å². The van der Waals surface area contributed by atoms with Crippen molar-refractivity contribution in [2.45, 2.75) is 45.3 Å². The molecule has 0 bridgehead atoms. The molecule has 5 heteroatoms. The number of aromatic nitrogens is 2. The molecule has 0 saturated heterocycles. The van der Waals surface area contributed by atoms with Crippen LogP contribution in [0.4, 0.5) is 0 Å². The Bertz CT molecular complexity index is 741. The molecule has 0 amide bonds. The number of nitrogens with zero attached hydrogens (tertiary/aromatic N) is 3. The fourth-order valence-electron chi connectivity index (χ4n) is 3.59. The van der Waals surface area contributed by atoms with Gasteiger partial charge in [-0.3, -0.25) is 9.20 Å². The van der Waals surface area contributed by atoms with Crippen LogP contribution in [0.1, 0.15) is 37.1 Å². The van der Waals surface area contributed by atoms with Crippen molar-refractivity contribution in [1.82, 2.24) is 14.3 Å². The molecule has 2 aromatic heterocycles. The monoisotopic (exact) mass is 315 g/mol. The molecular formula is C18H25N3O2. The molecule has 1 saturated carbocycles. The lowest BCUT2D eigenvalue weighted by molar-refractivity contribution is 0.0500. The largest absolute Gasteiger partial charge is 0.393 e. The lowest BCUT2D eigenvalue weighted by Crippen LogP contribution is -2.35. The molecule has 0 aliphatic heterocycles. The quantitative estimate of drug-likeness (QED) is 0.937. The first-order valence-electron chi connectivity index (χ1n) is 8.39. The number of aryl methyl sites for hydroxylation is 1. The van der Waals surface area contributed by atoms with E-state index >= 15 is 0 Å². The van der Waals surface area contributed by atoms with Crippen molar-refractivity contribution in [2.24, 2.45) is 5.92 Å². The minimum absolute atomic E-state index is 0.0331. The summed E-state index contributed by atoms with van der Waals surface area (Å²) in [6.07, 6.45) is 4.13. The van der Waals surface area contributed by atoms with Crippen LogP contribution < -0.4 is 5.56 Å². The standard InChI is InChI=1S/C18H25N3O2/c1-13-6-5-9-17-19-15(10-18(23)21(13)17)12-20(2)11-14-7-3-4-8-16(14)22/h5-6,9-10,14,16,22H,3-4,7-8,11-12H2,1-2H3. The zero-order valence-corrected chi connectivity index (χ0v) is 13.9.